The molecular formula is C11H8Cl2N4O2S. The Labute approximate surface area is 125 Å². The van der Waals surface area contributed by atoms with Crippen LogP contribution in [0.4, 0.5) is 5.82 Å². The Morgan fingerprint density at radius 2 is 2.10 bits per heavy atom. The molecule has 1 N–H and O–H groups in total. The van der Waals surface area contributed by atoms with Crippen molar-refractivity contribution in [3.63, 3.8) is 0 Å². The van der Waals surface area contributed by atoms with Gasteiger partial charge in [0.2, 0.25) is 0 Å². The van der Waals surface area contributed by atoms with Crippen molar-refractivity contribution in [2.24, 2.45) is 7.05 Å². The Kier molecular flexibility index (Phi) is 3.90. The van der Waals surface area contributed by atoms with Crippen LogP contribution in [0.3, 0.4) is 0 Å². The van der Waals surface area contributed by atoms with Gasteiger partial charge in [-0.15, -0.1) is 0 Å². The smallest absolute Gasteiger partial charge is 0.262 e. The van der Waals surface area contributed by atoms with Crippen molar-refractivity contribution in [3.05, 3.63) is 40.0 Å². The molecule has 0 saturated heterocycles. The minimum absolute atomic E-state index is 0.0302. The number of nitrogens with zero attached hydrogens (tertiary/aromatic N) is 3. The molecule has 1 aromatic carbocycles. The van der Waals surface area contributed by atoms with E-state index in [0.717, 1.165) is 0 Å². The molecule has 0 radical (unpaired) electrons. The molecule has 1 aromatic heterocycles. The lowest BCUT2D eigenvalue weighted by Crippen LogP contribution is -2.16. The normalized spacial score (nSPS) is 11.1. The fourth-order valence-corrected chi connectivity index (χ4v) is 3.38. The predicted octanol–water partition coefficient (Wildman–Crippen LogP) is 2.40. The van der Waals surface area contributed by atoms with Crippen molar-refractivity contribution >= 4 is 39.0 Å². The predicted molar refractivity (Wildman–Crippen MR) is 75.2 cm³/mol. The zero-order valence-electron chi connectivity index (χ0n) is 10.1. The molecule has 104 valence electrons. The van der Waals surface area contributed by atoms with Gasteiger partial charge in [-0.2, -0.15) is 10.4 Å². The zero-order chi connectivity index (χ0) is 14.9. The van der Waals surface area contributed by atoms with Gasteiger partial charge in [-0.05, 0) is 18.2 Å². The molecule has 9 heteroatoms. The van der Waals surface area contributed by atoms with Crippen molar-refractivity contribution in [3.8, 4) is 6.07 Å². The third-order valence-electron chi connectivity index (χ3n) is 2.47. The molecule has 2 rings (SSSR count). The Morgan fingerprint density at radius 1 is 1.40 bits per heavy atom. The van der Waals surface area contributed by atoms with E-state index in [1.54, 1.807) is 0 Å². The van der Waals surface area contributed by atoms with Gasteiger partial charge < -0.3 is 0 Å². The van der Waals surface area contributed by atoms with Gasteiger partial charge in [0.1, 0.15) is 16.5 Å². The number of nitrogens with one attached hydrogen (secondary N) is 1. The average molecular weight is 331 g/mol. The van der Waals surface area contributed by atoms with Crippen LogP contribution in [0.5, 0.6) is 0 Å². The fourth-order valence-electron chi connectivity index (χ4n) is 1.51. The second kappa shape index (κ2) is 5.32. The largest absolute Gasteiger partial charge is 0.264 e. The lowest BCUT2D eigenvalue weighted by Gasteiger charge is -2.10. The van der Waals surface area contributed by atoms with E-state index in [1.165, 1.54) is 36.1 Å². The highest BCUT2D eigenvalue weighted by Gasteiger charge is 2.22. The van der Waals surface area contributed by atoms with Gasteiger partial charge in [-0.25, -0.2) is 8.42 Å². The van der Waals surface area contributed by atoms with Crippen LogP contribution < -0.4 is 4.72 Å². The van der Waals surface area contributed by atoms with Crippen LogP contribution in [0.2, 0.25) is 10.0 Å². The summed E-state index contributed by atoms with van der Waals surface area (Å²) in [6.07, 6.45) is 1.26. The van der Waals surface area contributed by atoms with Crippen LogP contribution in [0, 0.1) is 11.3 Å². The molecule has 0 saturated carbocycles. The third kappa shape index (κ3) is 2.72. The zero-order valence-corrected chi connectivity index (χ0v) is 12.5. The fraction of sp³-hybridized carbons (Fsp3) is 0.0909. The van der Waals surface area contributed by atoms with Crippen molar-refractivity contribution in [1.29, 1.82) is 5.26 Å². The van der Waals surface area contributed by atoms with Crippen LogP contribution in [0.1, 0.15) is 5.56 Å². The number of sulfonamides is 1. The molecule has 1 heterocycles. The Bertz CT molecular complexity index is 808. The highest BCUT2D eigenvalue weighted by molar-refractivity contribution is 7.92. The number of anilines is 1. The van der Waals surface area contributed by atoms with Crippen molar-refractivity contribution in [2.45, 2.75) is 4.90 Å². The summed E-state index contributed by atoms with van der Waals surface area (Å²) < 4.78 is 28.1. The number of rotatable bonds is 3. The van der Waals surface area contributed by atoms with E-state index in [-0.39, 0.29) is 26.3 Å². The van der Waals surface area contributed by atoms with Crippen molar-refractivity contribution in [1.82, 2.24) is 9.78 Å². The van der Waals surface area contributed by atoms with Gasteiger partial charge in [0.15, 0.2) is 5.82 Å². The molecule has 2 aromatic rings. The van der Waals surface area contributed by atoms with Gasteiger partial charge in [0.05, 0.1) is 11.2 Å². The van der Waals surface area contributed by atoms with Gasteiger partial charge in [0, 0.05) is 12.1 Å². The molecule has 0 aliphatic heterocycles. The molecule has 0 atom stereocenters. The molecule has 0 fully saturated rings. The summed E-state index contributed by atoms with van der Waals surface area (Å²) in [5.41, 5.74) is 0.106. The number of hydrogen-bond acceptors (Lipinski definition) is 4. The highest BCUT2D eigenvalue weighted by atomic mass is 35.5. The third-order valence-corrected chi connectivity index (χ3v) is 4.53. The maximum Gasteiger partial charge on any atom is 0.264 e. The molecule has 0 aliphatic carbocycles. The van der Waals surface area contributed by atoms with E-state index in [2.05, 4.69) is 9.82 Å². The standard InChI is InChI=1S/C11H8Cl2N4O2S/c1-17-11(7(5-14)6-15-17)16-20(18,19)10-4-8(12)2-3-9(10)13/h2-4,6,16H,1H3. The van der Waals surface area contributed by atoms with E-state index in [1.807, 2.05) is 6.07 Å². The Balaban J connectivity index is 2.49. The molecule has 20 heavy (non-hydrogen) atoms. The van der Waals surface area contributed by atoms with E-state index in [4.69, 9.17) is 28.5 Å². The molecule has 0 aliphatic rings. The van der Waals surface area contributed by atoms with E-state index >= 15 is 0 Å². The minimum atomic E-state index is -3.97. The van der Waals surface area contributed by atoms with Crippen LogP contribution in [-0.2, 0) is 17.1 Å². The number of benzene rings is 1. The first-order chi connectivity index (χ1) is 9.35. The molecule has 0 unspecified atom stereocenters. The molecule has 0 spiro atoms. The van der Waals surface area contributed by atoms with Gasteiger partial charge in [0.25, 0.3) is 10.0 Å². The lowest BCUT2D eigenvalue weighted by molar-refractivity contribution is 0.600. The van der Waals surface area contributed by atoms with Crippen molar-refractivity contribution < 1.29 is 8.42 Å². The minimum Gasteiger partial charge on any atom is -0.262 e. The van der Waals surface area contributed by atoms with Crippen LogP contribution in [0.15, 0.2) is 29.3 Å². The average Bonchev–Trinajstić information content (AvgIpc) is 2.73. The summed E-state index contributed by atoms with van der Waals surface area (Å²) in [4.78, 5) is -0.170. The SMILES string of the molecule is Cn1ncc(C#N)c1NS(=O)(=O)c1cc(Cl)ccc1Cl. The summed E-state index contributed by atoms with van der Waals surface area (Å²) in [6.45, 7) is 0. The van der Waals surface area contributed by atoms with Gasteiger partial charge in [-0.3, -0.25) is 9.40 Å². The molecular weight excluding hydrogens is 323 g/mol. The maximum atomic E-state index is 12.3. The van der Waals surface area contributed by atoms with Crippen LogP contribution >= 0.6 is 23.2 Å². The number of aromatic nitrogens is 2. The van der Waals surface area contributed by atoms with E-state index < -0.39 is 10.0 Å². The summed E-state index contributed by atoms with van der Waals surface area (Å²) in [5, 5.41) is 13.0. The Hall–Kier alpha value is -1.75. The second-order valence-corrected chi connectivity index (χ2v) is 6.32. The molecule has 0 bridgehead atoms. The maximum absolute atomic E-state index is 12.3. The first-order valence-corrected chi connectivity index (χ1v) is 7.49. The van der Waals surface area contributed by atoms with E-state index in [9.17, 15) is 8.42 Å². The molecule has 0 amide bonds. The van der Waals surface area contributed by atoms with Crippen LogP contribution in [0.25, 0.3) is 0 Å². The summed E-state index contributed by atoms with van der Waals surface area (Å²) >= 11 is 11.6. The van der Waals surface area contributed by atoms with Crippen LogP contribution in [-0.4, -0.2) is 18.2 Å². The first kappa shape index (κ1) is 14.7. The number of nitriles is 1. The number of hydrogen-bond donors (Lipinski definition) is 1. The molecule has 6 nitrogen and oxygen atoms in total. The highest BCUT2D eigenvalue weighted by Crippen LogP contribution is 2.27. The number of aryl methyl sites for hydroxylation is 1. The summed E-state index contributed by atoms with van der Waals surface area (Å²) in [7, 11) is -2.46. The summed E-state index contributed by atoms with van der Waals surface area (Å²) in [6, 6.07) is 5.94. The summed E-state index contributed by atoms with van der Waals surface area (Å²) in [5.74, 6) is 0.0588. The number of halogens is 2. The van der Waals surface area contributed by atoms with Gasteiger partial charge in [-0.1, -0.05) is 23.2 Å². The topological polar surface area (TPSA) is 87.8 Å². The lowest BCUT2D eigenvalue weighted by atomic mass is 10.4. The van der Waals surface area contributed by atoms with Crippen molar-refractivity contribution in [2.75, 3.05) is 4.72 Å². The quantitative estimate of drug-likeness (QED) is 0.935. The first-order valence-electron chi connectivity index (χ1n) is 5.25. The second-order valence-electron chi connectivity index (χ2n) is 3.82. The van der Waals surface area contributed by atoms with E-state index in [0.29, 0.717) is 0 Å². The van der Waals surface area contributed by atoms with Gasteiger partial charge >= 0.3 is 0 Å². The Morgan fingerprint density at radius 3 is 2.75 bits per heavy atom. The monoisotopic (exact) mass is 330 g/mol.